The van der Waals surface area contributed by atoms with E-state index < -0.39 is 114 Å². The highest BCUT2D eigenvalue weighted by Gasteiger charge is 2.35. The predicted octanol–water partition coefficient (Wildman–Crippen LogP) is 3.04. The van der Waals surface area contributed by atoms with E-state index in [9.17, 15) is 48.3 Å². The molecular formula is C55H83N11O10. The lowest BCUT2D eigenvalue weighted by Crippen LogP contribution is -2.53. The fraction of sp³-hybridized carbons (Fsp3) is 0.564. The van der Waals surface area contributed by atoms with Crippen molar-refractivity contribution in [2.75, 3.05) is 20.1 Å². The molecule has 7 atom stereocenters. The highest BCUT2D eigenvalue weighted by atomic mass is 16.3. The lowest BCUT2D eigenvalue weighted by Gasteiger charge is -2.26. The minimum absolute atomic E-state index is 0.0438. The second kappa shape index (κ2) is 33.7. The molecule has 1 heterocycles. The number of aromatic nitrogens is 1. The molecule has 0 saturated heterocycles. The highest BCUT2D eigenvalue weighted by molar-refractivity contribution is 5.98. The molecule has 21 heteroatoms. The standard InChI is InChI=1S/C55H83N11O10/c1-6-7-8-9-10-11-15-24-50(72)63-44(31-49(56)71)47(69)30-40(35(4)67)53(75)64-43(27-36-19-13-12-14-20-36)48(70)33-62-55(76)66-42(26-34(2)3)46(68)29-37(21-18-25-60-54(58)59-5)52(74)65-45(51(57)73)28-38-32-61-41-23-17-16-22-39(38)41/h12-14,16-17,19-20,22-23,32,34-35,37,40,42-45,61,67H,6-11,15,18,21,24-31,33H2,1-5H3,(H2,56,71)(H2,57,73)(H,63,72)(H,64,75)(H,65,74)(H3,58,59,60)(H2,62,66,76)/t35-,37-,40+,42+,43+,44+,45+/m1/s1. The molecule has 0 saturated carbocycles. The third-order valence-corrected chi connectivity index (χ3v) is 13.1. The Morgan fingerprint density at radius 3 is 1.95 bits per heavy atom. The van der Waals surface area contributed by atoms with Gasteiger partial charge in [0.05, 0.1) is 43.1 Å². The molecule has 0 radical (unpaired) electrons. The van der Waals surface area contributed by atoms with Crippen molar-refractivity contribution >= 4 is 69.8 Å². The zero-order valence-electron chi connectivity index (χ0n) is 44.9. The SMILES string of the molecule is CCCCCCCCCC(=O)N[C@@H](CC(N)=O)C(=O)C[C@H](C(=O)N[C@@H](Cc1ccccc1)C(=O)CNC(=O)N[C@@H](CC(C)C)C(=O)C[C@@H](CCCNC(N)=NC)C(=O)N[C@@H](Cc1c[nH]c2ccccc12)C(N)=O)[C@@H](C)O. The number of hydrogen-bond acceptors (Lipinski definition) is 11. The smallest absolute Gasteiger partial charge is 0.315 e. The Balaban J connectivity index is 1.74. The molecule has 2 aromatic carbocycles. The maximum atomic E-state index is 14.2. The monoisotopic (exact) mass is 1060 g/mol. The van der Waals surface area contributed by atoms with Crippen molar-refractivity contribution in [2.24, 2.45) is 39.9 Å². The number of para-hydroxylation sites is 1. The number of guanidine groups is 1. The second-order valence-electron chi connectivity index (χ2n) is 20.0. The van der Waals surface area contributed by atoms with Crippen molar-refractivity contribution in [3.63, 3.8) is 0 Å². The Labute approximate surface area is 446 Å². The summed E-state index contributed by atoms with van der Waals surface area (Å²) in [6.07, 6.45) is 6.56. The summed E-state index contributed by atoms with van der Waals surface area (Å²) in [6.45, 7) is 6.81. The minimum Gasteiger partial charge on any atom is -0.393 e. The van der Waals surface area contributed by atoms with Crippen LogP contribution in [0, 0.1) is 17.8 Å². The van der Waals surface area contributed by atoms with E-state index in [0.717, 1.165) is 55.0 Å². The number of Topliss-reactive ketones (excluding diaryl/α,β-unsaturated/α-hetero) is 3. The summed E-state index contributed by atoms with van der Waals surface area (Å²) in [7, 11) is 1.51. The predicted molar refractivity (Wildman–Crippen MR) is 291 cm³/mol. The number of unbranched alkanes of at least 4 members (excludes halogenated alkanes) is 6. The number of amides is 7. The van der Waals surface area contributed by atoms with Crippen LogP contribution < -0.4 is 49.1 Å². The fourth-order valence-electron chi connectivity index (χ4n) is 8.80. The van der Waals surface area contributed by atoms with Gasteiger partial charge in [-0.2, -0.15) is 0 Å². The summed E-state index contributed by atoms with van der Waals surface area (Å²) in [5.74, 6) is -7.70. The molecule has 3 aromatic rings. The molecule has 0 aliphatic carbocycles. The normalized spacial score (nSPS) is 14.3. The van der Waals surface area contributed by atoms with Gasteiger partial charge in [0.25, 0.3) is 0 Å². The van der Waals surface area contributed by atoms with Gasteiger partial charge in [-0.05, 0) is 62.1 Å². The van der Waals surface area contributed by atoms with Gasteiger partial charge in [0.15, 0.2) is 23.3 Å². The fourth-order valence-corrected chi connectivity index (χ4v) is 8.80. The molecule has 7 amide bonds. The number of ketones is 3. The first-order valence-electron chi connectivity index (χ1n) is 26.6. The number of aliphatic hydroxyl groups is 1. The van der Waals surface area contributed by atoms with Gasteiger partial charge >= 0.3 is 6.03 Å². The van der Waals surface area contributed by atoms with E-state index in [1.165, 1.54) is 14.0 Å². The van der Waals surface area contributed by atoms with E-state index in [0.29, 0.717) is 24.9 Å². The van der Waals surface area contributed by atoms with Crippen molar-refractivity contribution < 1.29 is 48.3 Å². The molecule has 21 nitrogen and oxygen atoms in total. The lowest BCUT2D eigenvalue weighted by molar-refractivity contribution is -0.136. The first-order valence-corrected chi connectivity index (χ1v) is 26.6. The number of primary amides is 2. The summed E-state index contributed by atoms with van der Waals surface area (Å²) in [5, 5.41) is 27.7. The van der Waals surface area contributed by atoms with E-state index in [2.05, 4.69) is 48.8 Å². The Kier molecular flexibility index (Phi) is 28.0. The van der Waals surface area contributed by atoms with Crippen molar-refractivity contribution in [3.8, 4) is 0 Å². The number of hydrogen-bond donors (Lipinski definition) is 11. The zero-order valence-corrected chi connectivity index (χ0v) is 44.9. The van der Waals surface area contributed by atoms with E-state index >= 15 is 0 Å². The molecule has 76 heavy (non-hydrogen) atoms. The second-order valence-corrected chi connectivity index (χ2v) is 20.0. The highest BCUT2D eigenvalue weighted by Crippen LogP contribution is 2.22. The number of carbonyl (C=O) groups excluding carboxylic acids is 9. The van der Waals surface area contributed by atoms with Gasteiger partial charge in [-0.25, -0.2) is 4.79 Å². The number of benzene rings is 2. The van der Waals surface area contributed by atoms with Gasteiger partial charge in [0.2, 0.25) is 29.5 Å². The molecular weight excluding hydrogens is 975 g/mol. The Morgan fingerprint density at radius 1 is 0.658 bits per heavy atom. The Morgan fingerprint density at radius 2 is 1.30 bits per heavy atom. The van der Waals surface area contributed by atoms with E-state index in [4.69, 9.17) is 17.2 Å². The van der Waals surface area contributed by atoms with Crippen molar-refractivity contribution in [3.05, 3.63) is 71.9 Å². The van der Waals surface area contributed by atoms with Crippen LogP contribution in [0.4, 0.5) is 4.79 Å². The number of nitrogens with two attached hydrogens (primary N) is 3. The number of urea groups is 1. The van der Waals surface area contributed by atoms with Crippen molar-refractivity contribution in [1.82, 2.24) is 36.9 Å². The van der Waals surface area contributed by atoms with Crippen LogP contribution in [0.1, 0.15) is 129 Å². The third-order valence-electron chi connectivity index (χ3n) is 13.1. The first-order chi connectivity index (χ1) is 36.2. The van der Waals surface area contributed by atoms with Gasteiger partial charge in [-0.1, -0.05) is 108 Å². The van der Waals surface area contributed by atoms with Gasteiger partial charge in [-0.3, -0.25) is 43.3 Å². The molecule has 0 fully saturated rings. The molecule has 0 aliphatic rings. The summed E-state index contributed by atoms with van der Waals surface area (Å²) in [4.78, 5) is 128. The largest absolute Gasteiger partial charge is 0.393 e. The molecule has 0 spiro atoms. The summed E-state index contributed by atoms with van der Waals surface area (Å²) < 4.78 is 0. The van der Waals surface area contributed by atoms with Crippen LogP contribution in [0.25, 0.3) is 10.9 Å². The molecule has 1 aromatic heterocycles. The van der Waals surface area contributed by atoms with Crippen LogP contribution in [0.3, 0.4) is 0 Å². The van der Waals surface area contributed by atoms with Crippen LogP contribution in [-0.2, 0) is 51.2 Å². The van der Waals surface area contributed by atoms with Crippen molar-refractivity contribution in [1.29, 1.82) is 0 Å². The van der Waals surface area contributed by atoms with E-state index in [-0.39, 0.29) is 50.4 Å². The zero-order chi connectivity index (χ0) is 56.2. The molecule has 0 bridgehead atoms. The molecule has 0 unspecified atom stereocenters. The maximum Gasteiger partial charge on any atom is 0.315 e. The number of aliphatic hydroxyl groups excluding tert-OH is 1. The number of H-pyrrole nitrogens is 1. The number of carbonyl (C=O) groups is 9. The first kappa shape index (κ1) is 63.1. The van der Waals surface area contributed by atoms with Gasteiger partial charge < -0.3 is 59.2 Å². The molecule has 0 aliphatic heterocycles. The molecule has 3 rings (SSSR count). The van der Waals surface area contributed by atoms with Gasteiger partial charge in [-0.15, -0.1) is 0 Å². The van der Waals surface area contributed by atoms with Gasteiger partial charge in [0.1, 0.15) is 6.04 Å². The summed E-state index contributed by atoms with van der Waals surface area (Å²) in [6, 6.07) is 10.4. The van der Waals surface area contributed by atoms with Crippen LogP contribution in [-0.4, -0.2) is 119 Å². The number of nitrogens with zero attached hydrogens (tertiary/aromatic N) is 1. The number of aliphatic imine (C=N–C) groups is 1. The maximum absolute atomic E-state index is 14.2. The quantitative estimate of drug-likeness (QED) is 0.0226. The third kappa shape index (κ3) is 23.2. The van der Waals surface area contributed by atoms with E-state index in [1.807, 2.05) is 38.1 Å². The Bertz CT molecular complexity index is 2410. The minimum atomic E-state index is -1.42. The average Bonchev–Trinajstić information content (AvgIpc) is 3.78. The molecule has 14 N–H and O–H groups in total. The van der Waals surface area contributed by atoms with E-state index in [1.54, 1.807) is 36.5 Å². The topological polar surface area (TPSA) is 352 Å². The summed E-state index contributed by atoms with van der Waals surface area (Å²) >= 11 is 0. The number of rotatable bonds is 37. The average molecular weight is 1060 g/mol. The lowest BCUT2D eigenvalue weighted by atomic mass is 9.90. The van der Waals surface area contributed by atoms with Gasteiger partial charge in [0, 0.05) is 62.3 Å². The number of fused-ring (bicyclic) bond motifs is 1. The number of nitrogens with one attached hydrogen (secondary N) is 7. The summed E-state index contributed by atoms with van der Waals surface area (Å²) in [5.41, 5.74) is 19.3. The van der Waals surface area contributed by atoms with Crippen LogP contribution in [0.15, 0.2) is 65.8 Å². The van der Waals surface area contributed by atoms with Crippen LogP contribution in [0.5, 0.6) is 0 Å². The Hall–Kier alpha value is -7.16. The van der Waals surface area contributed by atoms with Crippen molar-refractivity contribution in [2.45, 2.75) is 161 Å². The van der Waals surface area contributed by atoms with Crippen LogP contribution >= 0.6 is 0 Å². The number of aromatic amines is 1. The molecule has 418 valence electrons. The van der Waals surface area contributed by atoms with Crippen LogP contribution in [0.2, 0.25) is 0 Å².